The molecule has 1 amide bonds. The van der Waals surface area contributed by atoms with Gasteiger partial charge in [0.25, 0.3) is 0 Å². The van der Waals surface area contributed by atoms with Crippen molar-refractivity contribution in [3.63, 3.8) is 0 Å². The fourth-order valence-electron chi connectivity index (χ4n) is 4.28. The molecule has 0 bridgehead atoms. The minimum absolute atomic E-state index is 0.175. The van der Waals surface area contributed by atoms with E-state index in [1.165, 1.54) is 0 Å². The topological polar surface area (TPSA) is 51.0 Å². The second-order valence-corrected chi connectivity index (χ2v) is 8.93. The van der Waals surface area contributed by atoms with E-state index in [4.69, 9.17) is 0 Å². The highest BCUT2D eigenvalue weighted by molar-refractivity contribution is 6.00. The van der Waals surface area contributed by atoms with E-state index in [1.54, 1.807) is 0 Å². The van der Waals surface area contributed by atoms with E-state index >= 15 is 0 Å². The van der Waals surface area contributed by atoms with Crippen LogP contribution in [0.1, 0.15) is 65.0 Å². The van der Waals surface area contributed by atoms with Gasteiger partial charge < -0.3 is 4.90 Å². The third-order valence-electron chi connectivity index (χ3n) is 6.23. The predicted octanol–water partition coefficient (Wildman–Crippen LogP) is 6.26. The summed E-state index contributed by atoms with van der Waals surface area (Å²) in [5.74, 6) is 0.778. The van der Waals surface area contributed by atoms with Crippen LogP contribution >= 0.6 is 0 Å². The number of anilines is 1. The number of amides is 1. The Bertz CT molecular complexity index is 1070. The van der Waals surface area contributed by atoms with Crippen LogP contribution < -0.4 is 4.90 Å². The van der Waals surface area contributed by atoms with Crippen molar-refractivity contribution in [3.05, 3.63) is 54.1 Å². The van der Waals surface area contributed by atoms with E-state index in [0.717, 1.165) is 53.0 Å². The lowest BCUT2D eigenvalue weighted by Gasteiger charge is -2.29. The van der Waals surface area contributed by atoms with Gasteiger partial charge in [0.05, 0.1) is 24.0 Å². The van der Waals surface area contributed by atoms with Crippen molar-refractivity contribution in [2.75, 3.05) is 4.90 Å². The molecular weight excluding hydrogens is 384 g/mol. The molecule has 2 heterocycles. The maximum atomic E-state index is 13.4. The van der Waals surface area contributed by atoms with E-state index in [1.807, 2.05) is 33.8 Å². The molecule has 1 aromatic heterocycles. The number of benzene rings is 2. The van der Waals surface area contributed by atoms with Gasteiger partial charge in [-0.2, -0.15) is 0 Å². The lowest BCUT2D eigenvalue weighted by atomic mass is 9.95. The molecule has 5 heteroatoms. The van der Waals surface area contributed by atoms with Gasteiger partial charge in [-0.1, -0.05) is 74.9 Å². The molecule has 31 heavy (non-hydrogen) atoms. The van der Waals surface area contributed by atoms with Crippen LogP contribution in [-0.2, 0) is 11.3 Å². The summed E-state index contributed by atoms with van der Waals surface area (Å²) in [5, 5.41) is 9.17. The van der Waals surface area contributed by atoms with Crippen molar-refractivity contribution in [2.24, 2.45) is 5.92 Å². The van der Waals surface area contributed by atoms with Crippen LogP contribution in [0.15, 0.2) is 48.5 Å². The molecule has 0 spiro atoms. The van der Waals surface area contributed by atoms with Crippen LogP contribution in [0.3, 0.4) is 0 Å². The van der Waals surface area contributed by atoms with Crippen molar-refractivity contribution in [1.29, 1.82) is 0 Å². The first-order chi connectivity index (χ1) is 15.0. The summed E-state index contributed by atoms with van der Waals surface area (Å²) >= 11 is 0. The molecule has 0 N–H and O–H groups in total. The van der Waals surface area contributed by atoms with Crippen molar-refractivity contribution < 1.29 is 4.79 Å². The fourth-order valence-corrected chi connectivity index (χ4v) is 4.28. The molecule has 1 unspecified atom stereocenters. The van der Waals surface area contributed by atoms with Gasteiger partial charge in [0.1, 0.15) is 5.69 Å². The van der Waals surface area contributed by atoms with Gasteiger partial charge in [-0.15, -0.1) is 5.10 Å². The molecule has 0 radical (unpaired) electrons. The smallest absolute Gasteiger partial charge is 0.227 e. The largest absolute Gasteiger partial charge is 0.307 e. The summed E-state index contributed by atoms with van der Waals surface area (Å²) in [5.41, 5.74) is 6.02. The molecule has 0 saturated heterocycles. The van der Waals surface area contributed by atoms with Gasteiger partial charge in [0, 0.05) is 17.5 Å². The van der Waals surface area contributed by atoms with Crippen LogP contribution in [0.4, 0.5) is 5.69 Å². The van der Waals surface area contributed by atoms with Gasteiger partial charge in [-0.25, -0.2) is 4.68 Å². The Hall–Kier alpha value is -2.95. The third kappa shape index (κ3) is 4.14. The number of carbonyl (C=O) groups is 1. The SMILES string of the molecule is CCC(C)n1nnc2c1-c1ccccc1N(C(=O)CCCC(C)C)Cc1ccccc1-2. The minimum Gasteiger partial charge on any atom is -0.307 e. The zero-order valence-electron chi connectivity index (χ0n) is 19.0. The number of rotatable bonds is 6. The highest BCUT2D eigenvalue weighted by Crippen LogP contribution is 2.42. The van der Waals surface area contributed by atoms with Crippen LogP contribution in [0, 0.1) is 5.92 Å². The number of aromatic nitrogens is 3. The molecule has 2 aromatic carbocycles. The summed E-state index contributed by atoms with van der Waals surface area (Å²) in [6.45, 7) is 9.28. The van der Waals surface area contributed by atoms with E-state index in [-0.39, 0.29) is 11.9 Å². The van der Waals surface area contributed by atoms with Gasteiger partial charge in [0.2, 0.25) is 5.91 Å². The lowest BCUT2D eigenvalue weighted by molar-refractivity contribution is -0.118. The average molecular weight is 417 g/mol. The maximum Gasteiger partial charge on any atom is 0.227 e. The molecule has 0 saturated carbocycles. The second kappa shape index (κ2) is 9.04. The number of nitrogens with zero attached hydrogens (tertiary/aromatic N) is 4. The van der Waals surface area contributed by atoms with Gasteiger partial charge in [-0.3, -0.25) is 4.79 Å². The summed E-state index contributed by atoms with van der Waals surface area (Å²) in [6.07, 6.45) is 3.49. The molecule has 4 rings (SSSR count). The number of fused-ring (bicyclic) bond motifs is 5. The molecule has 1 atom stereocenters. The predicted molar refractivity (Wildman–Crippen MR) is 126 cm³/mol. The molecule has 1 aliphatic rings. The maximum absolute atomic E-state index is 13.4. The average Bonchev–Trinajstić information content (AvgIpc) is 3.20. The first kappa shape index (κ1) is 21.3. The fraction of sp³-hybridized carbons (Fsp3) is 0.423. The van der Waals surface area contributed by atoms with Crippen LogP contribution in [0.25, 0.3) is 22.5 Å². The van der Waals surface area contributed by atoms with Gasteiger partial charge in [-0.05, 0) is 37.3 Å². The van der Waals surface area contributed by atoms with Crippen molar-refractivity contribution in [1.82, 2.24) is 15.0 Å². The Morgan fingerprint density at radius 3 is 2.48 bits per heavy atom. The van der Waals surface area contributed by atoms with Crippen LogP contribution in [0.2, 0.25) is 0 Å². The Morgan fingerprint density at radius 1 is 1.03 bits per heavy atom. The Kier molecular flexibility index (Phi) is 6.21. The zero-order chi connectivity index (χ0) is 22.0. The van der Waals surface area contributed by atoms with Gasteiger partial charge in [0.15, 0.2) is 0 Å². The van der Waals surface area contributed by atoms with Crippen molar-refractivity contribution >= 4 is 11.6 Å². The highest BCUT2D eigenvalue weighted by atomic mass is 16.2. The first-order valence-electron chi connectivity index (χ1n) is 11.4. The molecule has 1 aliphatic heterocycles. The Labute approximate surface area is 185 Å². The Morgan fingerprint density at radius 2 is 1.74 bits per heavy atom. The normalized spacial score (nSPS) is 13.8. The van der Waals surface area contributed by atoms with Crippen molar-refractivity contribution in [3.8, 4) is 22.5 Å². The number of hydrogen-bond acceptors (Lipinski definition) is 3. The summed E-state index contributed by atoms with van der Waals surface area (Å²) in [7, 11) is 0. The van der Waals surface area contributed by atoms with E-state index in [2.05, 4.69) is 62.3 Å². The van der Waals surface area contributed by atoms with Crippen molar-refractivity contribution in [2.45, 2.75) is 66.0 Å². The molecule has 3 aromatic rings. The van der Waals surface area contributed by atoms with E-state index in [0.29, 0.717) is 18.9 Å². The van der Waals surface area contributed by atoms with Gasteiger partial charge >= 0.3 is 0 Å². The molecule has 0 aliphatic carbocycles. The van der Waals surface area contributed by atoms with Crippen LogP contribution in [0.5, 0.6) is 0 Å². The highest BCUT2D eigenvalue weighted by Gasteiger charge is 2.29. The summed E-state index contributed by atoms with van der Waals surface area (Å²) < 4.78 is 2.03. The van der Waals surface area contributed by atoms with E-state index in [9.17, 15) is 4.79 Å². The number of para-hydroxylation sites is 1. The first-order valence-corrected chi connectivity index (χ1v) is 11.4. The Balaban J connectivity index is 1.88. The summed E-state index contributed by atoms with van der Waals surface area (Å²) in [6, 6.07) is 16.7. The number of hydrogen-bond donors (Lipinski definition) is 0. The summed E-state index contributed by atoms with van der Waals surface area (Å²) in [4.78, 5) is 15.4. The minimum atomic E-state index is 0.175. The standard InChI is InChI=1S/C26H32N4O/c1-5-19(4)30-26-22-14-8-9-15-23(22)29(24(31)16-10-11-18(2)3)17-20-12-6-7-13-21(20)25(26)27-28-30/h6-9,12-15,18-19H,5,10-11,16-17H2,1-4H3. The monoisotopic (exact) mass is 416 g/mol. The molecule has 5 nitrogen and oxygen atoms in total. The third-order valence-corrected chi connectivity index (χ3v) is 6.23. The zero-order valence-corrected chi connectivity index (χ0v) is 19.0. The van der Waals surface area contributed by atoms with E-state index < -0.39 is 0 Å². The molecular formula is C26H32N4O. The number of carbonyl (C=O) groups excluding carboxylic acids is 1. The van der Waals surface area contributed by atoms with Crippen LogP contribution in [-0.4, -0.2) is 20.9 Å². The quantitative estimate of drug-likeness (QED) is 0.477. The second-order valence-electron chi connectivity index (χ2n) is 8.93. The molecule has 162 valence electrons. The molecule has 0 fully saturated rings. The lowest BCUT2D eigenvalue weighted by Crippen LogP contribution is -2.31.